The molecule has 2 aromatic rings. The highest BCUT2D eigenvalue weighted by Crippen LogP contribution is 2.45. The van der Waals surface area contributed by atoms with Crippen molar-refractivity contribution in [2.24, 2.45) is 5.14 Å². The van der Waals surface area contributed by atoms with Crippen LogP contribution >= 0.6 is 0 Å². The van der Waals surface area contributed by atoms with Gasteiger partial charge >= 0.3 is 6.09 Å². The summed E-state index contributed by atoms with van der Waals surface area (Å²) in [5.74, 6) is 0.621. The van der Waals surface area contributed by atoms with Crippen molar-refractivity contribution >= 4 is 16.1 Å². The van der Waals surface area contributed by atoms with Gasteiger partial charge in [0.2, 0.25) is 10.0 Å². The number of hydrogen-bond acceptors (Lipinski definition) is 5. The molecule has 0 spiro atoms. The van der Waals surface area contributed by atoms with Crippen molar-refractivity contribution in [3.8, 4) is 11.3 Å². The van der Waals surface area contributed by atoms with E-state index in [1.807, 2.05) is 30.3 Å². The summed E-state index contributed by atoms with van der Waals surface area (Å²) in [7, 11) is -3.55. The molecule has 0 atom stereocenters. The number of nitrogens with zero attached hydrogens (tertiary/aromatic N) is 1. The van der Waals surface area contributed by atoms with Crippen LogP contribution in [-0.2, 0) is 16.4 Å². The summed E-state index contributed by atoms with van der Waals surface area (Å²) in [6, 6.07) is 9.51. The zero-order valence-electron chi connectivity index (χ0n) is 15.6. The molecule has 148 valence electrons. The number of nitrogens with one attached hydrogen (secondary N) is 1. The Morgan fingerprint density at radius 2 is 1.89 bits per heavy atom. The van der Waals surface area contributed by atoms with Crippen molar-refractivity contribution in [1.82, 2.24) is 10.3 Å². The number of hydrogen-bond donors (Lipinski definition) is 3. The Labute approximate surface area is 158 Å². The lowest BCUT2D eigenvalue weighted by Gasteiger charge is -2.16. The molecule has 1 aliphatic rings. The largest absolute Gasteiger partial charge is 0.465 e. The van der Waals surface area contributed by atoms with Gasteiger partial charge in [0.15, 0.2) is 12.2 Å². The summed E-state index contributed by atoms with van der Waals surface area (Å²) in [5, 5.41) is 15.7. The number of primary sulfonamides is 1. The number of carboxylic acid groups (broad SMARTS) is 1. The summed E-state index contributed by atoms with van der Waals surface area (Å²) in [4.78, 5) is 14.0. The highest BCUT2D eigenvalue weighted by molar-refractivity contribution is 7.90. The van der Waals surface area contributed by atoms with E-state index in [1.165, 1.54) is 6.39 Å². The van der Waals surface area contributed by atoms with Gasteiger partial charge < -0.3 is 14.8 Å². The van der Waals surface area contributed by atoms with Gasteiger partial charge in [0.1, 0.15) is 0 Å². The first-order valence-corrected chi connectivity index (χ1v) is 9.99. The van der Waals surface area contributed by atoms with E-state index in [0.29, 0.717) is 30.7 Å². The van der Waals surface area contributed by atoms with Crippen LogP contribution in [0.5, 0.6) is 0 Å². The lowest BCUT2D eigenvalue weighted by atomic mass is 10.1. The Bertz CT molecular complexity index is 881. The highest BCUT2D eigenvalue weighted by Gasteiger charge is 2.53. The van der Waals surface area contributed by atoms with Gasteiger partial charge in [-0.25, -0.2) is 23.3 Å². The summed E-state index contributed by atoms with van der Waals surface area (Å²) >= 11 is 0. The number of aromatic nitrogens is 1. The third-order valence-corrected chi connectivity index (χ3v) is 5.82. The second-order valence-electron chi connectivity index (χ2n) is 7.58. The second-order valence-corrected chi connectivity index (χ2v) is 9.54. The van der Waals surface area contributed by atoms with Gasteiger partial charge in [-0.05, 0) is 33.6 Å². The van der Waals surface area contributed by atoms with Crippen LogP contribution < -0.4 is 10.5 Å². The Morgan fingerprint density at radius 1 is 1.30 bits per heavy atom. The molecule has 8 nitrogen and oxygen atoms in total. The molecule has 1 saturated carbocycles. The molecule has 0 bridgehead atoms. The fourth-order valence-corrected chi connectivity index (χ4v) is 3.56. The van der Waals surface area contributed by atoms with Crippen LogP contribution in [0.4, 0.5) is 4.79 Å². The normalized spacial score (nSPS) is 15.4. The molecule has 1 fully saturated rings. The zero-order chi connectivity index (χ0) is 20.3. The highest BCUT2D eigenvalue weighted by atomic mass is 32.2. The molecule has 9 heteroatoms. The van der Waals surface area contributed by atoms with Gasteiger partial charge in [-0.2, -0.15) is 0 Å². The lowest BCUT2D eigenvalue weighted by molar-refractivity contribution is 0.184. The van der Waals surface area contributed by atoms with Crippen LogP contribution in [0.1, 0.15) is 39.3 Å². The Morgan fingerprint density at radius 3 is 2.30 bits per heavy atom. The minimum Gasteiger partial charge on any atom is -0.465 e. The van der Waals surface area contributed by atoms with Gasteiger partial charge in [-0.15, -0.1) is 0 Å². The Balaban J connectivity index is 0.000000279. The van der Waals surface area contributed by atoms with Gasteiger partial charge in [-0.1, -0.05) is 30.3 Å². The molecular formula is C18H25N3O5S. The first kappa shape index (κ1) is 20.9. The summed E-state index contributed by atoms with van der Waals surface area (Å²) < 4.78 is 27.8. The van der Waals surface area contributed by atoms with E-state index in [2.05, 4.69) is 10.3 Å². The maximum Gasteiger partial charge on any atom is 0.405 e. The fourth-order valence-electron chi connectivity index (χ4n) is 2.55. The van der Waals surface area contributed by atoms with E-state index in [9.17, 15) is 13.2 Å². The van der Waals surface area contributed by atoms with Crippen LogP contribution in [0.15, 0.2) is 41.1 Å². The van der Waals surface area contributed by atoms with Crippen molar-refractivity contribution < 1.29 is 22.7 Å². The number of sulfonamides is 1. The SMILES string of the molecule is CC(C)(C)NC(=O)O.NS(=O)(=O)C1(Cc2ncoc2-c2ccccc2)CC1. The van der Waals surface area contributed by atoms with Crippen LogP contribution in [0.3, 0.4) is 0 Å². The summed E-state index contributed by atoms with van der Waals surface area (Å²) in [5.41, 5.74) is 1.21. The smallest absolute Gasteiger partial charge is 0.405 e. The molecule has 4 N–H and O–H groups in total. The third-order valence-electron chi connectivity index (χ3n) is 4.06. The molecule has 1 aliphatic carbocycles. The van der Waals surface area contributed by atoms with E-state index < -0.39 is 20.9 Å². The second kappa shape index (κ2) is 7.69. The first-order valence-electron chi connectivity index (χ1n) is 8.45. The molecule has 1 aromatic heterocycles. The Kier molecular flexibility index (Phi) is 5.96. The number of benzene rings is 1. The number of oxazole rings is 1. The van der Waals surface area contributed by atoms with Crippen molar-refractivity contribution in [2.45, 2.75) is 50.3 Å². The molecule has 1 heterocycles. The number of nitrogens with two attached hydrogens (primary N) is 1. The van der Waals surface area contributed by atoms with Crippen molar-refractivity contribution in [2.75, 3.05) is 0 Å². The molecule has 27 heavy (non-hydrogen) atoms. The maximum atomic E-state index is 11.6. The molecular weight excluding hydrogens is 370 g/mol. The molecule has 1 amide bonds. The first-order chi connectivity index (χ1) is 12.4. The minimum atomic E-state index is -3.55. The van der Waals surface area contributed by atoms with Gasteiger partial charge in [0, 0.05) is 17.5 Å². The standard InChI is InChI=1S/C13H14N2O3S.C5H11NO2/c14-19(16,17)13(6-7-13)8-11-12(18-9-15-11)10-4-2-1-3-5-10;1-5(2,3)6-4(7)8/h1-5,9H,6-8H2,(H2,14,16,17);6H,1-3H3,(H,7,8). The molecule has 0 unspecified atom stereocenters. The topological polar surface area (TPSA) is 136 Å². The number of amides is 1. The average molecular weight is 395 g/mol. The minimum absolute atomic E-state index is 0.312. The lowest BCUT2D eigenvalue weighted by Crippen LogP contribution is -2.39. The van der Waals surface area contributed by atoms with Crippen LogP contribution in [0.25, 0.3) is 11.3 Å². The van der Waals surface area contributed by atoms with Gasteiger partial charge in [0.25, 0.3) is 0 Å². The summed E-state index contributed by atoms with van der Waals surface area (Å²) in [6.07, 6.45) is 1.86. The zero-order valence-corrected chi connectivity index (χ0v) is 16.4. The molecule has 0 radical (unpaired) electrons. The van der Waals surface area contributed by atoms with E-state index in [0.717, 1.165) is 5.56 Å². The average Bonchev–Trinajstić information content (AvgIpc) is 3.17. The van der Waals surface area contributed by atoms with Crippen LogP contribution in [0.2, 0.25) is 0 Å². The Hall–Kier alpha value is -2.39. The molecule has 3 rings (SSSR count). The molecule has 0 aliphatic heterocycles. The van der Waals surface area contributed by atoms with Crippen molar-refractivity contribution in [3.63, 3.8) is 0 Å². The molecule has 0 saturated heterocycles. The number of rotatable bonds is 4. The molecule has 1 aromatic carbocycles. The van der Waals surface area contributed by atoms with Crippen molar-refractivity contribution in [1.29, 1.82) is 0 Å². The predicted molar refractivity (Wildman–Crippen MR) is 102 cm³/mol. The van der Waals surface area contributed by atoms with Crippen LogP contribution in [-0.4, -0.2) is 34.9 Å². The monoisotopic (exact) mass is 395 g/mol. The predicted octanol–water partition coefficient (Wildman–Crippen LogP) is 2.76. The van der Waals surface area contributed by atoms with Crippen LogP contribution in [0, 0.1) is 0 Å². The van der Waals surface area contributed by atoms with Crippen molar-refractivity contribution in [3.05, 3.63) is 42.4 Å². The van der Waals surface area contributed by atoms with E-state index >= 15 is 0 Å². The maximum absolute atomic E-state index is 11.6. The quantitative estimate of drug-likeness (QED) is 0.728. The fraction of sp³-hybridized carbons (Fsp3) is 0.444. The van der Waals surface area contributed by atoms with E-state index in [1.54, 1.807) is 20.8 Å². The van der Waals surface area contributed by atoms with Gasteiger partial charge in [-0.3, -0.25) is 0 Å². The van der Waals surface area contributed by atoms with E-state index in [-0.39, 0.29) is 5.54 Å². The van der Waals surface area contributed by atoms with Gasteiger partial charge in [0.05, 0.1) is 10.4 Å². The third kappa shape index (κ3) is 5.80. The number of carbonyl (C=O) groups is 1. The van der Waals surface area contributed by atoms with E-state index in [4.69, 9.17) is 14.7 Å². The summed E-state index contributed by atoms with van der Waals surface area (Å²) in [6.45, 7) is 5.38.